The van der Waals surface area contributed by atoms with Crippen LogP contribution in [0.5, 0.6) is 5.75 Å². The fourth-order valence-corrected chi connectivity index (χ4v) is 2.62. The largest absolute Gasteiger partial charge is 0.497 e. The van der Waals surface area contributed by atoms with E-state index < -0.39 is 0 Å². The second kappa shape index (κ2) is 12.7. The van der Waals surface area contributed by atoms with E-state index >= 15 is 0 Å². The van der Waals surface area contributed by atoms with Gasteiger partial charge < -0.3 is 24.5 Å². The van der Waals surface area contributed by atoms with Crippen molar-refractivity contribution in [2.45, 2.75) is 32.3 Å². The first-order valence-corrected chi connectivity index (χ1v) is 9.24. The normalized spacial score (nSPS) is 11.6. The third kappa shape index (κ3) is 8.10. The fourth-order valence-electron chi connectivity index (χ4n) is 2.62. The molecule has 0 aliphatic heterocycles. The van der Waals surface area contributed by atoms with Gasteiger partial charge in [0.05, 0.1) is 13.4 Å². The van der Waals surface area contributed by atoms with Crippen LogP contribution in [0.4, 0.5) is 0 Å². The second-order valence-corrected chi connectivity index (χ2v) is 6.95. The predicted molar refractivity (Wildman–Crippen MR) is 124 cm³/mol. The highest BCUT2D eigenvalue weighted by Crippen LogP contribution is 2.24. The van der Waals surface area contributed by atoms with E-state index in [1.54, 1.807) is 20.4 Å². The van der Waals surface area contributed by atoms with E-state index in [1.807, 2.05) is 24.3 Å². The minimum absolute atomic E-state index is 0. The molecule has 2 rings (SSSR count). The Morgan fingerprint density at radius 1 is 1.14 bits per heavy atom. The SMILES string of the molecule is CN=C(NCCCOCc1ccco1)NCC(C)(C)c1ccc(OC)cc1.I. The van der Waals surface area contributed by atoms with Crippen LogP contribution in [0.1, 0.15) is 31.6 Å². The first-order valence-electron chi connectivity index (χ1n) is 9.24. The van der Waals surface area contributed by atoms with Gasteiger partial charge in [-0.1, -0.05) is 26.0 Å². The summed E-state index contributed by atoms with van der Waals surface area (Å²) in [6, 6.07) is 12.0. The number of hydrogen-bond acceptors (Lipinski definition) is 4. The Morgan fingerprint density at radius 2 is 1.89 bits per heavy atom. The first-order chi connectivity index (χ1) is 13.0. The van der Waals surface area contributed by atoms with Gasteiger partial charge in [0.1, 0.15) is 18.1 Å². The van der Waals surface area contributed by atoms with Gasteiger partial charge >= 0.3 is 0 Å². The first kappa shape index (κ1) is 24.3. The van der Waals surface area contributed by atoms with Crippen molar-refractivity contribution >= 4 is 29.9 Å². The highest BCUT2D eigenvalue weighted by atomic mass is 127. The van der Waals surface area contributed by atoms with Crippen LogP contribution in [0.25, 0.3) is 0 Å². The summed E-state index contributed by atoms with van der Waals surface area (Å²) >= 11 is 0. The Balaban J connectivity index is 0.00000392. The lowest BCUT2D eigenvalue weighted by Gasteiger charge is -2.27. The summed E-state index contributed by atoms with van der Waals surface area (Å²) < 4.78 is 16.0. The van der Waals surface area contributed by atoms with Gasteiger partial charge in [0, 0.05) is 32.2 Å². The number of rotatable bonds is 10. The van der Waals surface area contributed by atoms with Crippen molar-refractivity contribution < 1.29 is 13.9 Å². The van der Waals surface area contributed by atoms with Crippen molar-refractivity contribution in [3.05, 3.63) is 54.0 Å². The van der Waals surface area contributed by atoms with Gasteiger partial charge in [0.15, 0.2) is 5.96 Å². The minimum Gasteiger partial charge on any atom is -0.497 e. The van der Waals surface area contributed by atoms with Crippen molar-refractivity contribution in [2.75, 3.05) is 33.9 Å². The second-order valence-electron chi connectivity index (χ2n) is 6.95. The summed E-state index contributed by atoms with van der Waals surface area (Å²) in [5.41, 5.74) is 1.22. The number of guanidine groups is 1. The number of ether oxygens (including phenoxy) is 2. The molecule has 0 amide bonds. The molecule has 6 nitrogen and oxygen atoms in total. The molecular formula is C21H32IN3O3. The molecule has 0 aliphatic rings. The van der Waals surface area contributed by atoms with E-state index in [0.717, 1.165) is 37.0 Å². The highest BCUT2D eigenvalue weighted by Gasteiger charge is 2.21. The Labute approximate surface area is 185 Å². The van der Waals surface area contributed by atoms with Crippen molar-refractivity contribution in [3.8, 4) is 5.75 Å². The van der Waals surface area contributed by atoms with Crippen LogP contribution >= 0.6 is 24.0 Å². The summed E-state index contributed by atoms with van der Waals surface area (Å²) in [7, 11) is 3.46. The number of halogens is 1. The minimum atomic E-state index is -0.0317. The van der Waals surface area contributed by atoms with Gasteiger partial charge in [0.25, 0.3) is 0 Å². The molecule has 0 spiro atoms. The third-order valence-corrected chi connectivity index (χ3v) is 4.38. The van der Waals surface area contributed by atoms with E-state index in [0.29, 0.717) is 13.2 Å². The zero-order valence-corrected chi connectivity index (χ0v) is 19.5. The van der Waals surface area contributed by atoms with Crippen LogP contribution in [0.3, 0.4) is 0 Å². The van der Waals surface area contributed by atoms with E-state index in [1.165, 1.54) is 5.56 Å². The maximum absolute atomic E-state index is 5.58. The quantitative estimate of drug-likeness (QED) is 0.223. The molecule has 1 heterocycles. The summed E-state index contributed by atoms with van der Waals surface area (Å²) in [5.74, 6) is 2.51. The standard InChI is InChI=1S/C21H31N3O3.HI/c1-21(2,17-8-10-18(25-4)11-9-17)16-24-20(22-3)23-12-6-13-26-15-19-7-5-14-27-19;/h5,7-11,14H,6,12-13,15-16H2,1-4H3,(H2,22,23,24);1H. The number of nitrogens with one attached hydrogen (secondary N) is 2. The molecule has 0 radical (unpaired) electrons. The smallest absolute Gasteiger partial charge is 0.191 e. The Hall–Kier alpha value is -1.74. The van der Waals surface area contributed by atoms with Crippen LogP contribution in [0, 0.1) is 0 Å². The lowest BCUT2D eigenvalue weighted by atomic mass is 9.84. The molecule has 1 aromatic heterocycles. The maximum atomic E-state index is 5.58. The number of furan rings is 1. The predicted octanol–water partition coefficient (Wildman–Crippen LogP) is 3.96. The number of aliphatic imine (C=N–C) groups is 1. The van der Waals surface area contributed by atoms with Gasteiger partial charge in [0.2, 0.25) is 0 Å². The number of benzene rings is 1. The molecule has 7 heteroatoms. The summed E-state index contributed by atoms with van der Waals surface area (Å²) in [6.07, 6.45) is 2.55. The molecular weight excluding hydrogens is 469 g/mol. The number of methoxy groups -OCH3 is 1. The lowest BCUT2D eigenvalue weighted by Crippen LogP contribution is -2.43. The van der Waals surface area contributed by atoms with Crippen molar-refractivity contribution in [1.29, 1.82) is 0 Å². The molecule has 0 fully saturated rings. The average molecular weight is 501 g/mol. The third-order valence-electron chi connectivity index (χ3n) is 4.38. The summed E-state index contributed by atoms with van der Waals surface area (Å²) in [5, 5.41) is 6.72. The number of nitrogens with zero attached hydrogens (tertiary/aromatic N) is 1. The van der Waals surface area contributed by atoms with Gasteiger partial charge in [-0.15, -0.1) is 24.0 Å². The van der Waals surface area contributed by atoms with Crippen molar-refractivity contribution in [1.82, 2.24) is 10.6 Å². The lowest BCUT2D eigenvalue weighted by molar-refractivity contribution is 0.105. The zero-order chi connectivity index (χ0) is 19.5. The Bertz CT molecular complexity index is 685. The van der Waals surface area contributed by atoms with Gasteiger partial charge in [-0.05, 0) is 36.2 Å². The Kier molecular flexibility index (Phi) is 11.0. The molecule has 1 aromatic carbocycles. The Morgan fingerprint density at radius 3 is 2.50 bits per heavy atom. The molecule has 2 aromatic rings. The van der Waals surface area contributed by atoms with Gasteiger partial charge in [-0.25, -0.2) is 0 Å². The van der Waals surface area contributed by atoms with Crippen LogP contribution in [0.2, 0.25) is 0 Å². The van der Waals surface area contributed by atoms with Crippen LogP contribution in [-0.2, 0) is 16.8 Å². The van der Waals surface area contributed by atoms with Gasteiger partial charge in [-0.3, -0.25) is 4.99 Å². The topological polar surface area (TPSA) is 68.0 Å². The summed E-state index contributed by atoms with van der Waals surface area (Å²) in [6.45, 7) is 7.15. The molecule has 0 saturated carbocycles. The van der Waals surface area contributed by atoms with Crippen LogP contribution < -0.4 is 15.4 Å². The van der Waals surface area contributed by atoms with Gasteiger partial charge in [-0.2, -0.15) is 0 Å². The summed E-state index contributed by atoms with van der Waals surface area (Å²) in [4.78, 5) is 4.29. The molecule has 0 saturated heterocycles. The fraction of sp³-hybridized carbons (Fsp3) is 0.476. The molecule has 0 unspecified atom stereocenters. The average Bonchev–Trinajstić information content (AvgIpc) is 3.20. The molecule has 156 valence electrons. The monoisotopic (exact) mass is 501 g/mol. The molecule has 0 aliphatic carbocycles. The van der Waals surface area contributed by atoms with Crippen LogP contribution in [0.15, 0.2) is 52.1 Å². The molecule has 0 atom stereocenters. The van der Waals surface area contributed by atoms with E-state index in [9.17, 15) is 0 Å². The molecule has 28 heavy (non-hydrogen) atoms. The molecule has 2 N–H and O–H groups in total. The highest BCUT2D eigenvalue weighted by molar-refractivity contribution is 14.0. The van der Waals surface area contributed by atoms with E-state index in [-0.39, 0.29) is 29.4 Å². The maximum Gasteiger partial charge on any atom is 0.191 e. The van der Waals surface area contributed by atoms with E-state index in [2.05, 4.69) is 41.6 Å². The number of hydrogen-bond donors (Lipinski definition) is 2. The molecule has 0 bridgehead atoms. The van der Waals surface area contributed by atoms with Crippen LogP contribution in [-0.4, -0.2) is 39.8 Å². The van der Waals surface area contributed by atoms with Crippen molar-refractivity contribution in [3.63, 3.8) is 0 Å². The van der Waals surface area contributed by atoms with E-state index in [4.69, 9.17) is 13.9 Å². The van der Waals surface area contributed by atoms with Crippen molar-refractivity contribution in [2.24, 2.45) is 4.99 Å². The zero-order valence-electron chi connectivity index (χ0n) is 17.2.